The standard InChI is InChI=1S/C40H60N5O9P/c1-3-4-5-6-7-8-9-10-11-12-13-14-15-16-17-18-24-50-27-32(52-31-21-19-20-30(25-31)26-41)28-51-55(48,49)54-36-35-40(36,47)38(46)39(2,53-35)34-23-22-33-37(42)43-29-44-45(33)34/h19-23,25,29,32,35-36,38,46-47H,3-18,24,27-28H2,1-2H3,(H,48,49)(H2,42,43,44)/t32-,35-,36?,38+,39+,40+/m1/s1. The van der Waals surface area contributed by atoms with E-state index in [9.17, 15) is 24.9 Å². The molecule has 0 spiro atoms. The lowest BCUT2D eigenvalue weighted by atomic mass is 9.91. The predicted molar refractivity (Wildman–Crippen MR) is 207 cm³/mol. The van der Waals surface area contributed by atoms with Gasteiger partial charge in [-0.1, -0.05) is 109 Å². The third-order valence-corrected chi connectivity index (χ3v) is 11.8. The maximum absolute atomic E-state index is 13.1. The first-order valence-corrected chi connectivity index (χ1v) is 21.6. The van der Waals surface area contributed by atoms with Gasteiger partial charge in [0.1, 0.15) is 47.6 Å². The highest BCUT2D eigenvalue weighted by molar-refractivity contribution is 7.47. The Morgan fingerprint density at radius 1 is 0.982 bits per heavy atom. The van der Waals surface area contributed by atoms with E-state index in [-0.39, 0.29) is 12.4 Å². The first-order chi connectivity index (χ1) is 26.5. The zero-order valence-corrected chi connectivity index (χ0v) is 33.3. The zero-order valence-electron chi connectivity index (χ0n) is 32.4. The van der Waals surface area contributed by atoms with E-state index < -0.39 is 50.0 Å². The molecule has 7 atom stereocenters. The number of anilines is 1. The van der Waals surface area contributed by atoms with E-state index in [1.54, 1.807) is 43.3 Å². The van der Waals surface area contributed by atoms with Gasteiger partial charge in [0.05, 0.1) is 30.5 Å². The van der Waals surface area contributed by atoms with Crippen molar-refractivity contribution in [2.45, 2.75) is 152 Å². The first kappa shape index (κ1) is 43.0. The Labute approximate surface area is 324 Å². The molecule has 2 fully saturated rings. The molecule has 5 rings (SSSR count). The lowest BCUT2D eigenvalue weighted by Gasteiger charge is -2.32. The molecule has 3 heterocycles. The molecule has 1 saturated heterocycles. The fourth-order valence-electron chi connectivity index (χ4n) is 7.50. The van der Waals surface area contributed by atoms with Crippen molar-refractivity contribution < 1.29 is 42.9 Å². The number of nitrogens with zero attached hydrogens (tertiary/aromatic N) is 4. The maximum Gasteiger partial charge on any atom is 0.472 e. The highest BCUT2D eigenvalue weighted by atomic mass is 31.2. The molecule has 1 saturated carbocycles. The lowest BCUT2D eigenvalue weighted by Crippen LogP contribution is -2.46. The van der Waals surface area contributed by atoms with Crippen LogP contribution in [0.25, 0.3) is 5.52 Å². The molecule has 2 unspecified atom stereocenters. The van der Waals surface area contributed by atoms with E-state index >= 15 is 0 Å². The van der Waals surface area contributed by atoms with Crippen LogP contribution in [0.3, 0.4) is 0 Å². The second kappa shape index (κ2) is 20.3. The Morgan fingerprint density at radius 2 is 1.62 bits per heavy atom. The Kier molecular flexibility index (Phi) is 15.9. The van der Waals surface area contributed by atoms with Gasteiger partial charge in [0.2, 0.25) is 0 Å². The van der Waals surface area contributed by atoms with Crippen molar-refractivity contribution >= 4 is 19.2 Å². The van der Waals surface area contributed by atoms with Crippen LogP contribution < -0.4 is 10.5 Å². The molecule has 0 radical (unpaired) electrons. The number of aliphatic hydroxyl groups excluding tert-OH is 1. The molecule has 0 amide bonds. The molecule has 5 N–H and O–H groups in total. The summed E-state index contributed by atoms with van der Waals surface area (Å²) in [5.41, 5.74) is 3.83. The zero-order chi connectivity index (χ0) is 39.3. The van der Waals surface area contributed by atoms with Crippen molar-refractivity contribution in [1.82, 2.24) is 14.6 Å². The van der Waals surface area contributed by atoms with E-state index in [0.29, 0.717) is 29.1 Å². The molecule has 15 heteroatoms. The number of benzene rings is 1. The predicted octanol–water partition coefficient (Wildman–Crippen LogP) is 7.13. The number of unbranched alkanes of at least 4 members (excludes halogenated alkanes) is 15. The van der Waals surface area contributed by atoms with Crippen molar-refractivity contribution in [2.75, 3.05) is 25.6 Å². The molecule has 55 heavy (non-hydrogen) atoms. The monoisotopic (exact) mass is 785 g/mol. The van der Waals surface area contributed by atoms with E-state index in [2.05, 4.69) is 23.1 Å². The molecular weight excluding hydrogens is 725 g/mol. The molecule has 0 bridgehead atoms. The van der Waals surface area contributed by atoms with Gasteiger partial charge in [-0.25, -0.2) is 14.1 Å². The molecule has 1 aliphatic carbocycles. The number of rotatable bonds is 27. The van der Waals surface area contributed by atoms with Gasteiger partial charge < -0.3 is 35.1 Å². The van der Waals surface area contributed by atoms with Crippen LogP contribution in [-0.2, 0) is 28.7 Å². The number of aliphatic hydroxyl groups is 2. The summed E-state index contributed by atoms with van der Waals surface area (Å²) in [7, 11) is -4.79. The molecule has 304 valence electrons. The summed E-state index contributed by atoms with van der Waals surface area (Å²) >= 11 is 0. The summed E-state index contributed by atoms with van der Waals surface area (Å²) in [4.78, 5) is 14.6. The van der Waals surface area contributed by atoms with Crippen LogP contribution in [0.15, 0.2) is 42.7 Å². The summed E-state index contributed by atoms with van der Waals surface area (Å²) in [5.74, 6) is 0.602. The third-order valence-electron chi connectivity index (χ3n) is 10.8. The summed E-state index contributed by atoms with van der Waals surface area (Å²) < 4.78 is 43.2. The minimum absolute atomic E-state index is 0.0605. The van der Waals surface area contributed by atoms with Crippen molar-refractivity contribution in [3.8, 4) is 11.8 Å². The maximum atomic E-state index is 13.1. The van der Waals surface area contributed by atoms with Gasteiger partial charge in [0.25, 0.3) is 0 Å². The van der Waals surface area contributed by atoms with Crippen LogP contribution in [0, 0.1) is 11.3 Å². The Balaban J connectivity index is 1.02. The van der Waals surface area contributed by atoms with E-state index in [1.807, 2.05) is 0 Å². The van der Waals surface area contributed by atoms with Crippen LogP contribution in [0.2, 0.25) is 0 Å². The molecule has 2 aromatic heterocycles. The highest BCUT2D eigenvalue weighted by Gasteiger charge is 2.82. The Bertz CT molecular complexity index is 1740. The molecule has 2 aliphatic rings. The van der Waals surface area contributed by atoms with Crippen LogP contribution >= 0.6 is 7.82 Å². The average molecular weight is 786 g/mol. The SMILES string of the molecule is CCCCCCCCCCCCCCCCCCOC[C@H](COP(=O)(O)OC1[C@H]2O[C@@](C)(c3ccc4c(N)ncnn34)[C@H](O)[C@@]12O)Oc1cccc(C#N)c1. The van der Waals surface area contributed by atoms with Crippen LogP contribution in [-0.4, -0.2) is 79.5 Å². The summed E-state index contributed by atoms with van der Waals surface area (Å²) in [5, 5.41) is 36.1. The van der Waals surface area contributed by atoms with Gasteiger partial charge in [0, 0.05) is 6.61 Å². The highest BCUT2D eigenvalue weighted by Crippen LogP contribution is 2.63. The van der Waals surface area contributed by atoms with Crippen molar-refractivity contribution in [3.63, 3.8) is 0 Å². The van der Waals surface area contributed by atoms with E-state index in [0.717, 1.165) is 19.3 Å². The van der Waals surface area contributed by atoms with Crippen LogP contribution in [0.5, 0.6) is 5.75 Å². The van der Waals surface area contributed by atoms with Gasteiger partial charge in [-0.3, -0.25) is 9.05 Å². The van der Waals surface area contributed by atoms with Gasteiger partial charge >= 0.3 is 7.82 Å². The fraction of sp³-hybridized carbons (Fsp3) is 0.675. The van der Waals surface area contributed by atoms with Crippen LogP contribution in [0.4, 0.5) is 5.82 Å². The molecular formula is C40H60N5O9P. The molecule has 14 nitrogen and oxygen atoms in total. The Hall–Kier alpha value is -3.12. The number of nitrogens with two attached hydrogens (primary N) is 1. The number of ether oxygens (including phenoxy) is 3. The third kappa shape index (κ3) is 11.3. The van der Waals surface area contributed by atoms with Gasteiger partial charge in [-0.2, -0.15) is 10.4 Å². The normalized spacial score (nSPS) is 24.7. The van der Waals surface area contributed by atoms with E-state index in [1.165, 1.54) is 94.3 Å². The Morgan fingerprint density at radius 3 is 2.22 bits per heavy atom. The largest absolute Gasteiger partial charge is 0.486 e. The molecule has 1 aromatic carbocycles. The number of fused-ring (bicyclic) bond motifs is 2. The number of hydrogen-bond acceptors (Lipinski definition) is 12. The number of phosphoric ester groups is 1. The van der Waals surface area contributed by atoms with E-state index in [4.69, 9.17) is 29.0 Å². The summed E-state index contributed by atoms with van der Waals surface area (Å²) in [6.45, 7) is 4.00. The van der Waals surface area contributed by atoms with Crippen molar-refractivity contribution in [1.29, 1.82) is 5.26 Å². The number of nitriles is 1. The second-order valence-corrected chi connectivity index (χ2v) is 16.6. The average Bonchev–Trinajstić information content (AvgIpc) is 3.41. The topological polar surface area (TPSA) is 204 Å². The van der Waals surface area contributed by atoms with Crippen molar-refractivity contribution in [2.24, 2.45) is 0 Å². The lowest BCUT2D eigenvalue weighted by molar-refractivity contribution is -0.126. The van der Waals surface area contributed by atoms with Gasteiger partial charge in [-0.15, -0.1) is 0 Å². The first-order valence-electron chi connectivity index (χ1n) is 20.1. The quantitative estimate of drug-likeness (QED) is 0.0449. The smallest absolute Gasteiger partial charge is 0.472 e. The van der Waals surface area contributed by atoms with Gasteiger partial charge in [0.15, 0.2) is 11.4 Å². The number of aromatic nitrogens is 3. The summed E-state index contributed by atoms with van der Waals surface area (Å²) in [6, 6.07) is 11.9. The van der Waals surface area contributed by atoms with Crippen LogP contribution in [0.1, 0.15) is 128 Å². The van der Waals surface area contributed by atoms with Gasteiger partial charge in [-0.05, 0) is 43.7 Å². The minimum atomic E-state index is -4.79. The number of phosphoric acid groups is 1. The second-order valence-electron chi connectivity index (χ2n) is 15.1. The number of hydrogen-bond donors (Lipinski definition) is 4. The number of nitrogen functional groups attached to an aromatic ring is 1. The fourth-order valence-corrected chi connectivity index (χ4v) is 8.48. The van der Waals surface area contributed by atoms with Crippen molar-refractivity contribution in [3.05, 3.63) is 54.0 Å². The molecule has 3 aromatic rings. The minimum Gasteiger partial charge on any atom is -0.486 e. The summed E-state index contributed by atoms with van der Waals surface area (Å²) in [6.07, 6.45) is 16.9. The molecule has 1 aliphatic heterocycles.